The van der Waals surface area contributed by atoms with Crippen LogP contribution < -0.4 is 4.57 Å². The van der Waals surface area contributed by atoms with Gasteiger partial charge in [-0.1, -0.05) is 6.07 Å². The third-order valence-corrected chi connectivity index (χ3v) is 2.64. The molecule has 1 aromatic carbocycles. The van der Waals surface area contributed by atoms with Gasteiger partial charge in [0.15, 0.2) is 6.20 Å². The van der Waals surface area contributed by atoms with Gasteiger partial charge in [-0.25, -0.2) is 4.57 Å². The molecule has 1 amide bonds. The second kappa shape index (κ2) is 3.93. The summed E-state index contributed by atoms with van der Waals surface area (Å²) in [7, 11) is 5.49. The Kier molecular flexibility index (Phi) is 2.60. The molecule has 0 aliphatic heterocycles. The number of carbonyl (C=O) groups excluding carboxylic acids is 1. The molecule has 0 N–H and O–H groups in total. The van der Waals surface area contributed by atoms with E-state index in [1.165, 1.54) is 0 Å². The lowest BCUT2D eigenvalue weighted by atomic mass is 10.1. The van der Waals surface area contributed by atoms with Crippen molar-refractivity contribution in [2.75, 3.05) is 14.1 Å². The van der Waals surface area contributed by atoms with Crippen LogP contribution in [0, 0.1) is 0 Å². The fourth-order valence-electron chi connectivity index (χ4n) is 1.85. The van der Waals surface area contributed by atoms with E-state index < -0.39 is 0 Å². The minimum absolute atomic E-state index is 0.0346. The molecule has 1 heterocycles. The lowest BCUT2D eigenvalue weighted by molar-refractivity contribution is -0.645. The number of hydrogen-bond donors (Lipinski definition) is 0. The summed E-state index contributed by atoms with van der Waals surface area (Å²) in [5.74, 6) is 0.0346. The Hall–Kier alpha value is -1.90. The molecule has 2 rings (SSSR count). The van der Waals surface area contributed by atoms with Crippen LogP contribution in [0.5, 0.6) is 0 Å². The van der Waals surface area contributed by atoms with Crippen LogP contribution >= 0.6 is 0 Å². The van der Waals surface area contributed by atoms with E-state index in [1.807, 2.05) is 48.1 Å². The third-order valence-electron chi connectivity index (χ3n) is 2.64. The first-order valence-corrected chi connectivity index (χ1v) is 5.20. The molecule has 0 unspecified atom stereocenters. The Labute approximate surface area is 94.9 Å². The maximum absolute atomic E-state index is 12.0. The van der Waals surface area contributed by atoms with Gasteiger partial charge in [-0.05, 0) is 18.2 Å². The van der Waals surface area contributed by atoms with Crippen LogP contribution in [0.1, 0.15) is 10.4 Å². The van der Waals surface area contributed by atoms with Gasteiger partial charge in [0.2, 0.25) is 5.52 Å². The SMILES string of the molecule is CN(C)C(=O)c1cccc2ccc[n+](C)c12. The van der Waals surface area contributed by atoms with Crippen LogP contribution in [-0.4, -0.2) is 24.9 Å². The first-order valence-electron chi connectivity index (χ1n) is 5.20. The van der Waals surface area contributed by atoms with Gasteiger partial charge in [0.05, 0.1) is 0 Å². The number of nitrogens with zero attached hydrogens (tertiary/aromatic N) is 2. The van der Waals surface area contributed by atoms with E-state index in [0.717, 1.165) is 16.5 Å². The quantitative estimate of drug-likeness (QED) is 0.659. The van der Waals surface area contributed by atoms with Gasteiger partial charge >= 0.3 is 0 Å². The molecule has 0 aliphatic rings. The van der Waals surface area contributed by atoms with E-state index in [9.17, 15) is 4.79 Å². The van der Waals surface area contributed by atoms with E-state index in [-0.39, 0.29) is 5.91 Å². The van der Waals surface area contributed by atoms with E-state index >= 15 is 0 Å². The highest BCUT2D eigenvalue weighted by Crippen LogP contribution is 2.15. The maximum atomic E-state index is 12.0. The van der Waals surface area contributed by atoms with E-state index in [0.29, 0.717) is 0 Å². The summed E-state index contributed by atoms with van der Waals surface area (Å²) in [6.45, 7) is 0. The average molecular weight is 215 g/mol. The van der Waals surface area contributed by atoms with Crippen LogP contribution in [0.3, 0.4) is 0 Å². The Balaban J connectivity index is 2.75. The molecule has 1 aromatic heterocycles. The molecule has 82 valence electrons. The molecular formula is C13H15N2O+. The van der Waals surface area contributed by atoms with E-state index in [2.05, 4.69) is 0 Å². The second-order valence-electron chi connectivity index (χ2n) is 4.06. The molecule has 0 spiro atoms. The number of para-hydroxylation sites is 1. The molecule has 3 heteroatoms. The van der Waals surface area contributed by atoms with Crippen LogP contribution in [0.2, 0.25) is 0 Å². The number of pyridine rings is 1. The zero-order valence-corrected chi connectivity index (χ0v) is 9.77. The normalized spacial score (nSPS) is 10.4. The largest absolute Gasteiger partial charge is 0.345 e. The van der Waals surface area contributed by atoms with Crippen LogP contribution in [0.15, 0.2) is 36.5 Å². The summed E-state index contributed by atoms with van der Waals surface area (Å²) in [6, 6.07) is 9.79. The van der Waals surface area contributed by atoms with Gasteiger partial charge in [-0.3, -0.25) is 4.79 Å². The van der Waals surface area contributed by atoms with Crippen LogP contribution in [-0.2, 0) is 7.05 Å². The van der Waals surface area contributed by atoms with Crippen molar-refractivity contribution in [3.8, 4) is 0 Å². The molecule has 3 nitrogen and oxygen atoms in total. The monoisotopic (exact) mass is 215 g/mol. The van der Waals surface area contributed by atoms with Gasteiger partial charge < -0.3 is 4.90 Å². The Bertz CT molecular complexity index is 541. The molecule has 0 fully saturated rings. The molecule has 0 saturated heterocycles. The van der Waals surface area contributed by atoms with Crippen molar-refractivity contribution in [1.82, 2.24) is 4.90 Å². The number of carbonyl (C=O) groups is 1. The summed E-state index contributed by atoms with van der Waals surface area (Å²) in [5.41, 5.74) is 1.72. The van der Waals surface area contributed by atoms with Crippen molar-refractivity contribution in [3.63, 3.8) is 0 Å². The lowest BCUT2D eigenvalue weighted by Crippen LogP contribution is -2.32. The van der Waals surface area contributed by atoms with Crippen molar-refractivity contribution in [3.05, 3.63) is 42.1 Å². The number of hydrogen-bond acceptors (Lipinski definition) is 1. The number of aryl methyl sites for hydroxylation is 1. The third kappa shape index (κ3) is 1.65. The number of rotatable bonds is 1. The minimum Gasteiger partial charge on any atom is -0.345 e. The van der Waals surface area contributed by atoms with Gasteiger partial charge in [-0.2, -0.15) is 0 Å². The van der Waals surface area contributed by atoms with Gasteiger partial charge in [0, 0.05) is 25.5 Å². The Morgan fingerprint density at radius 2 is 1.88 bits per heavy atom. The molecule has 0 bridgehead atoms. The number of fused-ring (bicyclic) bond motifs is 1. The fraction of sp³-hybridized carbons (Fsp3) is 0.231. The molecule has 16 heavy (non-hydrogen) atoms. The van der Waals surface area contributed by atoms with Gasteiger partial charge in [-0.15, -0.1) is 0 Å². The fourth-order valence-corrected chi connectivity index (χ4v) is 1.85. The molecule has 2 aromatic rings. The van der Waals surface area contributed by atoms with E-state index in [1.54, 1.807) is 19.0 Å². The van der Waals surface area contributed by atoms with Crippen LogP contribution in [0.4, 0.5) is 0 Å². The van der Waals surface area contributed by atoms with Crippen molar-refractivity contribution in [2.24, 2.45) is 7.05 Å². The summed E-state index contributed by atoms with van der Waals surface area (Å²) in [5, 5.41) is 1.08. The highest BCUT2D eigenvalue weighted by molar-refractivity contribution is 6.04. The van der Waals surface area contributed by atoms with Crippen LogP contribution in [0.25, 0.3) is 10.9 Å². The smallest absolute Gasteiger partial charge is 0.260 e. The number of aromatic nitrogens is 1. The van der Waals surface area contributed by atoms with Crippen molar-refractivity contribution < 1.29 is 9.36 Å². The zero-order chi connectivity index (χ0) is 11.7. The first-order chi connectivity index (χ1) is 7.61. The average Bonchev–Trinajstić information content (AvgIpc) is 2.27. The zero-order valence-electron chi connectivity index (χ0n) is 9.77. The molecule has 0 radical (unpaired) electrons. The van der Waals surface area contributed by atoms with E-state index in [4.69, 9.17) is 0 Å². The Morgan fingerprint density at radius 3 is 2.56 bits per heavy atom. The summed E-state index contributed by atoms with van der Waals surface area (Å²) < 4.78 is 1.98. The predicted molar refractivity (Wildman–Crippen MR) is 63.1 cm³/mol. The summed E-state index contributed by atoms with van der Waals surface area (Å²) in [6.07, 6.45) is 1.95. The lowest BCUT2D eigenvalue weighted by Gasteiger charge is -2.10. The molecular weight excluding hydrogens is 200 g/mol. The highest BCUT2D eigenvalue weighted by Gasteiger charge is 2.17. The molecule has 0 atom stereocenters. The first kappa shape index (κ1) is 10.6. The standard InChI is InChI=1S/C13H15N2O/c1-14(2)13(16)11-8-4-6-10-7-5-9-15(3)12(10)11/h4-9H,1-3H3/q+1. The minimum atomic E-state index is 0.0346. The molecule has 0 aliphatic carbocycles. The number of benzene rings is 1. The predicted octanol–water partition coefficient (Wildman–Crippen LogP) is 1.37. The maximum Gasteiger partial charge on any atom is 0.260 e. The summed E-state index contributed by atoms with van der Waals surface area (Å²) in [4.78, 5) is 13.6. The topological polar surface area (TPSA) is 24.2 Å². The van der Waals surface area contributed by atoms with Gasteiger partial charge in [0.1, 0.15) is 12.6 Å². The second-order valence-corrected chi connectivity index (χ2v) is 4.06. The summed E-state index contributed by atoms with van der Waals surface area (Å²) >= 11 is 0. The molecule has 0 saturated carbocycles. The number of amides is 1. The van der Waals surface area contributed by atoms with Gasteiger partial charge in [0.25, 0.3) is 5.91 Å². The highest BCUT2D eigenvalue weighted by atomic mass is 16.2. The van der Waals surface area contributed by atoms with Crippen molar-refractivity contribution in [1.29, 1.82) is 0 Å². The van der Waals surface area contributed by atoms with Crippen molar-refractivity contribution in [2.45, 2.75) is 0 Å². The Morgan fingerprint density at radius 1 is 1.19 bits per heavy atom. The van der Waals surface area contributed by atoms with Crippen molar-refractivity contribution >= 4 is 16.8 Å².